The fourth-order valence-electron chi connectivity index (χ4n) is 3.39. The van der Waals surface area contributed by atoms with Gasteiger partial charge in [0.05, 0.1) is 32.5 Å². The van der Waals surface area contributed by atoms with Crippen molar-refractivity contribution >= 4 is 17.8 Å². The first kappa shape index (κ1) is 22.0. The lowest BCUT2D eigenvalue weighted by molar-refractivity contribution is 0.0734. The molecule has 7 heteroatoms. The van der Waals surface area contributed by atoms with Gasteiger partial charge in [0.2, 0.25) is 5.78 Å². The zero-order chi connectivity index (χ0) is 23.5. The van der Waals surface area contributed by atoms with Crippen molar-refractivity contribution in [2.75, 3.05) is 21.3 Å². The van der Waals surface area contributed by atoms with Crippen LogP contribution in [0.5, 0.6) is 28.7 Å². The Morgan fingerprint density at radius 2 is 1.52 bits per heavy atom. The maximum atomic E-state index is 12.9. The molecule has 1 aliphatic rings. The molecule has 0 aliphatic carbocycles. The molecule has 4 rings (SSSR count). The maximum absolute atomic E-state index is 12.9. The van der Waals surface area contributed by atoms with Crippen LogP contribution >= 0.6 is 0 Å². The van der Waals surface area contributed by atoms with Crippen LogP contribution in [0, 0.1) is 6.92 Å². The third-order valence-corrected chi connectivity index (χ3v) is 5.16. The van der Waals surface area contributed by atoms with Crippen LogP contribution in [0.4, 0.5) is 0 Å². The molecule has 168 valence electrons. The summed E-state index contributed by atoms with van der Waals surface area (Å²) in [5, 5.41) is 0. The minimum atomic E-state index is -0.495. The third-order valence-electron chi connectivity index (χ3n) is 5.16. The summed E-state index contributed by atoms with van der Waals surface area (Å²) >= 11 is 0. The average Bonchev–Trinajstić information content (AvgIpc) is 3.13. The number of carbonyl (C=O) groups excluding carboxylic acids is 2. The normalized spacial score (nSPS) is 13.3. The predicted molar refractivity (Wildman–Crippen MR) is 122 cm³/mol. The van der Waals surface area contributed by atoms with Crippen molar-refractivity contribution in [2.24, 2.45) is 0 Å². The molecule has 0 spiro atoms. The second-order valence-corrected chi connectivity index (χ2v) is 7.30. The van der Waals surface area contributed by atoms with Crippen LogP contribution in [0.1, 0.15) is 31.8 Å². The van der Waals surface area contributed by atoms with Crippen molar-refractivity contribution in [3.05, 3.63) is 82.6 Å². The quantitative estimate of drug-likeness (QED) is 0.304. The van der Waals surface area contributed by atoms with Crippen molar-refractivity contribution in [3.8, 4) is 28.7 Å². The van der Waals surface area contributed by atoms with Crippen LogP contribution in [0.25, 0.3) is 6.08 Å². The van der Waals surface area contributed by atoms with Gasteiger partial charge >= 0.3 is 5.97 Å². The molecule has 0 saturated heterocycles. The van der Waals surface area contributed by atoms with Gasteiger partial charge in [0, 0.05) is 17.7 Å². The van der Waals surface area contributed by atoms with E-state index in [0.29, 0.717) is 39.7 Å². The summed E-state index contributed by atoms with van der Waals surface area (Å²) in [6.07, 6.45) is 1.57. The van der Waals surface area contributed by atoms with Gasteiger partial charge in [-0.25, -0.2) is 4.79 Å². The average molecular weight is 446 g/mol. The molecule has 0 radical (unpaired) electrons. The SMILES string of the molecule is COc1cc(OC)c(OC)cc1/C=C1\Oc2cc(OC(=O)c3ccc(C)cc3)ccc2C1=O. The Kier molecular flexibility index (Phi) is 6.04. The van der Waals surface area contributed by atoms with Gasteiger partial charge < -0.3 is 23.7 Å². The summed E-state index contributed by atoms with van der Waals surface area (Å²) in [6, 6.07) is 15.1. The molecule has 0 unspecified atom stereocenters. The lowest BCUT2D eigenvalue weighted by Gasteiger charge is -2.12. The van der Waals surface area contributed by atoms with Gasteiger partial charge in [0.1, 0.15) is 17.2 Å². The van der Waals surface area contributed by atoms with Crippen LogP contribution < -0.4 is 23.7 Å². The first-order chi connectivity index (χ1) is 15.9. The summed E-state index contributed by atoms with van der Waals surface area (Å²) < 4.78 is 27.3. The number of allylic oxidation sites excluding steroid dienone is 1. The molecular weight excluding hydrogens is 424 g/mol. The standard InChI is InChI=1S/C26H22O7/c1-15-5-7-16(8-6-15)26(28)32-18-9-10-19-21(13-18)33-24(25(19)27)12-17-11-22(30-3)23(31-4)14-20(17)29-2/h5-14H,1-4H3/b24-12-. The fraction of sp³-hybridized carbons (Fsp3) is 0.154. The Hall–Kier alpha value is -4.26. The zero-order valence-electron chi connectivity index (χ0n) is 18.6. The number of aryl methyl sites for hydroxylation is 1. The number of esters is 1. The third kappa shape index (κ3) is 4.39. The van der Waals surface area contributed by atoms with Crippen molar-refractivity contribution in [1.29, 1.82) is 0 Å². The topological polar surface area (TPSA) is 80.3 Å². The predicted octanol–water partition coefficient (Wildman–Crippen LogP) is 4.86. The number of fused-ring (bicyclic) bond motifs is 1. The molecule has 3 aromatic rings. The highest BCUT2D eigenvalue weighted by Gasteiger charge is 2.28. The molecule has 0 fully saturated rings. The molecule has 0 N–H and O–H groups in total. The first-order valence-electron chi connectivity index (χ1n) is 10.1. The highest BCUT2D eigenvalue weighted by molar-refractivity contribution is 6.14. The summed E-state index contributed by atoms with van der Waals surface area (Å²) in [5.74, 6) is 1.37. The lowest BCUT2D eigenvalue weighted by atomic mass is 10.1. The van der Waals surface area contributed by atoms with Gasteiger partial charge in [-0.3, -0.25) is 4.79 Å². The molecule has 1 heterocycles. The largest absolute Gasteiger partial charge is 0.496 e. The minimum Gasteiger partial charge on any atom is -0.496 e. The van der Waals surface area contributed by atoms with E-state index in [-0.39, 0.29) is 17.3 Å². The van der Waals surface area contributed by atoms with Gasteiger partial charge in [-0.2, -0.15) is 0 Å². The summed E-state index contributed by atoms with van der Waals surface area (Å²) in [7, 11) is 4.57. The van der Waals surface area contributed by atoms with Crippen LogP contribution in [0.3, 0.4) is 0 Å². The Bertz CT molecular complexity index is 1260. The Balaban J connectivity index is 1.59. The van der Waals surface area contributed by atoms with Crippen molar-refractivity contribution in [1.82, 2.24) is 0 Å². The zero-order valence-corrected chi connectivity index (χ0v) is 18.6. The molecule has 0 bridgehead atoms. The van der Waals surface area contributed by atoms with Crippen molar-refractivity contribution in [3.63, 3.8) is 0 Å². The summed E-state index contributed by atoms with van der Waals surface area (Å²) in [5.41, 5.74) is 2.42. The van der Waals surface area contributed by atoms with Gasteiger partial charge in [0.15, 0.2) is 17.3 Å². The van der Waals surface area contributed by atoms with Crippen LogP contribution in [0.15, 0.2) is 60.4 Å². The Morgan fingerprint density at radius 1 is 0.848 bits per heavy atom. The lowest BCUT2D eigenvalue weighted by Crippen LogP contribution is -2.08. The monoisotopic (exact) mass is 446 g/mol. The molecule has 3 aromatic carbocycles. The van der Waals surface area contributed by atoms with E-state index in [2.05, 4.69) is 0 Å². The van der Waals surface area contributed by atoms with E-state index in [1.807, 2.05) is 19.1 Å². The van der Waals surface area contributed by atoms with Crippen molar-refractivity contribution in [2.45, 2.75) is 6.92 Å². The fourth-order valence-corrected chi connectivity index (χ4v) is 3.39. The molecule has 7 nitrogen and oxygen atoms in total. The number of methoxy groups -OCH3 is 3. The van der Waals surface area contributed by atoms with E-state index in [1.54, 1.807) is 42.5 Å². The number of Topliss-reactive ketones (excluding diaryl/α,β-unsaturated/α-hetero) is 1. The van der Waals surface area contributed by atoms with E-state index in [0.717, 1.165) is 5.56 Å². The summed E-state index contributed by atoms with van der Waals surface area (Å²) in [6.45, 7) is 1.94. The number of ketones is 1. The molecule has 0 amide bonds. The number of ether oxygens (including phenoxy) is 5. The van der Waals surface area contributed by atoms with E-state index >= 15 is 0 Å². The van der Waals surface area contributed by atoms with E-state index in [9.17, 15) is 9.59 Å². The van der Waals surface area contributed by atoms with Gasteiger partial charge in [0.25, 0.3) is 0 Å². The maximum Gasteiger partial charge on any atom is 0.343 e. The second-order valence-electron chi connectivity index (χ2n) is 7.30. The summed E-state index contributed by atoms with van der Waals surface area (Å²) in [4.78, 5) is 25.3. The van der Waals surface area contributed by atoms with Crippen molar-refractivity contribution < 1.29 is 33.3 Å². The highest BCUT2D eigenvalue weighted by atomic mass is 16.5. The Morgan fingerprint density at radius 3 is 2.18 bits per heavy atom. The van der Waals surface area contributed by atoms with Crippen LogP contribution in [0.2, 0.25) is 0 Å². The van der Waals surface area contributed by atoms with Crippen LogP contribution in [-0.4, -0.2) is 33.1 Å². The van der Waals surface area contributed by atoms with Gasteiger partial charge in [-0.05, 0) is 43.3 Å². The second kappa shape index (κ2) is 9.08. The van der Waals surface area contributed by atoms with Gasteiger partial charge in [-0.15, -0.1) is 0 Å². The van der Waals surface area contributed by atoms with Crippen LogP contribution in [-0.2, 0) is 0 Å². The number of benzene rings is 3. The number of carbonyl (C=O) groups is 2. The van der Waals surface area contributed by atoms with Gasteiger partial charge in [-0.1, -0.05) is 17.7 Å². The Labute approximate surface area is 191 Å². The first-order valence-corrected chi connectivity index (χ1v) is 10.1. The molecule has 1 aliphatic heterocycles. The number of rotatable bonds is 6. The highest BCUT2D eigenvalue weighted by Crippen LogP contribution is 2.39. The molecule has 0 saturated carbocycles. The molecule has 0 aromatic heterocycles. The van der Waals surface area contributed by atoms with E-state index in [4.69, 9.17) is 23.7 Å². The van der Waals surface area contributed by atoms with E-state index < -0.39 is 5.97 Å². The minimum absolute atomic E-state index is 0.109. The molecule has 33 heavy (non-hydrogen) atoms. The number of hydrogen-bond donors (Lipinski definition) is 0. The smallest absolute Gasteiger partial charge is 0.343 e. The molecule has 0 atom stereocenters. The number of hydrogen-bond acceptors (Lipinski definition) is 7. The molecular formula is C26H22O7. The van der Waals surface area contributed by atoms with E-state index in [1.165, 1.54) is 27.4 Å².